The van der Waals surface area contributed by atoms with E-state index in [1.54, 1.807) is 24.3 Å². The largest absolute Gasteiger partial charge is 0.508 e. The quantitative estimate of drug-likeness (QED) is 0.464. The van der Waals surface area contributed by atoms with Crippen LogP contribution in [0.2, 0.25) is 0 Å². The predicted molar refractivity (Wildman–Crippen MR) is 117 cm³/mol. The monoisotopic (exact) mass is 419 g/mol. The summed E-state index contributed by atoms with van der Waals surface area (Å²) in [4.78, 5) is 14.3. The lowest BCUT2D eigenvalue weighted by Gasteiger charge is -2.46. The molecule has 0 aliphatic carbocycles. The Balaban J connectivity index is 1.23. The maximum Gasteiger partial charge on any atom is 0.233 e. The number of piperidine rings is 3. The third-order valence-corrected chi connectivity index (χ3v) is 6.63. The number of nitrogens with zero attached hydrogens (tertiary/aromatic N) is 3. The fourth-order valence-corrected chi connectivity index (χ4v) is 5.08. The number of aromatic nitrogens is 3. The first-order chi connectivity index (χ1) is 15.0. The van der Waals surface area contributed by atoms with Crippen molar-refractivity contribution < 1.29 is 14.8 Å². The van der Waals surface area contributed by atoms with Crippen molar-refractivity contribution in [1.82, 2.24) is 15.0 Å². The number of quaternary nitrogens is 1. The Kier molecular flexibility index (Phi) is 5.07. The van der Waals surface area contributed by atoms with Crippen LogP contribution in [-0.4, -0.2) is 45.1 Å². The molecule has 2 aromatic carbocycles. The van der Waals surface area contributed by atoms with Crippen LogP contribution >= 0.6 is 0 Å². The minimum absolute atomic E-state index is 0.000880. The lowest BCUT2D eigenvalue weighted by molar-refractivity contribution is -0.945. The van der Waals surface area contributed by atoms with E-state index >= 15 is 0 Å². The van der Waals surface area contributed by atoms with Crippen LogP contribution in [0.15, 0.2) is 54.7 Å². The van der Waals surface area contributed by atoms with Crippen molar-refractivity contribution >= 4 is 17.3 Å². The van der Waals surface area contributed by atoms with Crippen molar-refractivity contribution in [2.45, 2.75) is 25.4 Å². The van der Waals surface area contributed by atoms with Gasteiger partial charge >= 0.3 is 0 Å². The normalized spacial score (nSPS) is 24.8. The van der Waals surface area contributed by atoms with Crippen molar-refractivity contribution in [3.05, 3.63) is 54.7 Å². The zero-order valence-corrected chi connectivity index (χ0v) is 17.2. The molecule has 4 atom stereocenters. The molecule has 3 aliphatic heterocycles. The van der Waals surface area contributed by atoms with Crippen LogP contribution in [0.5, 0.6) is 5.75 Å². The van der Waals surface area contributed by atoms with Crippen molar-refractivity contribution in [3.8, 4) is 17.0 Å². The summed E-state index contributed by atoms with van der Waals surface area (Å²) in [6.45, 7) is 2.71. The van der Waals surface area contributed by atoms with Crippen LogP contribution in [0, 0.1) is 11.8 Å². The molecule has 1 aromatic heterocycles. The van der Waals surface area contributed by atoms with Crippen molar-refractivity contribution in [2.24, 2.45) is 11.8 Å². The van der Waals surface area contributed by atoms with Crippen LogP contribution < -0.4 is 16.0 Å². The van der Waals surface area contributed by atoms with Crippen LogP contribution in [0.25, 0.3) is 11.3 Å². The maximum absolute atomic E-state index is 12.9. The van der Waals surface area contributed by atoms with E-state index in [1.165, 1.54) is 4.90 Å². The van der Waals surface area contributed by atoms with Gasteiger partial charge in [-0.3, -0.25) is 4.79 Å². The molecular weight excluding hydrogens is 392 g/mol. The van der Waals surface area contributed by atoms with Crippen molar-refractivity contribution in [3.63, 3.8) is 0 Å². The van der Waals surface area contributed by atoms with Gasteiger partial charge in [0.25, 0.3) is 0 Å². The molecule has 0 saturated carbocycles. The van der Waals surface area contributed by atoms with Gasteiger partial charge in [-0.25, -0.2) is 4.68 Å². The van der Waals surface area contributed by atoms with Gasteiger partial charge in [0.05, 0.1) is 31.7 Å². The second-order valence-corrected chi connectivity index (χ2v) is 8.69. The molecule has 6 rings (SSSR count). The number of phenolic OH excluding ortho intramolecular Hbond substituents is 1. The first kappa shape index (κ1) is 19.6. The van der Waals surface area contributed by atoms with Gasteiger partial charge in [0.2, 0.25) is 5.91 Å². The molecule has 0 radical (unpaired) electrons. The fraction of sp³-hybridized carbons (Fsp3) is 0.348. The highest BCUT2D eigenvalue weighted by atomic mass is 16.3. The highest BCUT2D eigenvalue weighted by Crippen LogP contribution is 2.29. The molecule has 2 bridgehead atoms. The molecule has 3 aliphatic rings. The molecule has 160 valence electrons. The van der Waals surface area contributed by atoms with Crippen LogP contribution in [0.3, 0.4) is 0 Å². The Bertz CT molecular complexity index is 1100. The third-order valence-electron chi connectivity index (χ3n) is 6.63. The molecule has 8 heteroatoms. The number of benzene rings is 2. The van der Waals surface area contributed by atoms with E-state index in [0.717, 1.165) is 43.7 Å². The standard InChI is InChI=1S/C23H26N6O2/c24-17-4-1-3-16(9-17)22-14-29(27-26-22)12-19-10-15-7-8-28(19)13-21(15)23(31)25-18-5-2-6-20(30)11-18/h1-6,9,11,14-15,19,21,30H,7-8,10,12-13,24H2,(H,25,31)/p+1/t15-,19+,21-/m0/s1. The van der Waals surface area contributed by atoms with E-state index < -0.39 is 0 Å². The van der Waals surface area contributed by atoms with E-state index in [0.29, 0.717) is 23.3 Å². The van der Waals surface area contributed by atoms with Crippen LogP contribution in [0.1, 0.15) is 12.8 Å². The maximum atomic E-state index is 12.9. The summed E-state index contributed by atoms with van der Waals surface area (Å²) in [6, 6.07) is 14.8. The van der Waals surface area contributed by atoms with Gasteiger partial charge in [0, 0.05) is 35.8 Å². The Morgan fingerprint density at radius 1 is 1.26 bits per heavy atom. The second kappa shape index (κ2) is 8.03. The van der Waals surface area contributed by atoms with Gasteiger partial charge < -0.3 is 21.1 Å². The Morgan fingerprint density at radius 3 is 2.90 bits per heavy atom. The number of phenols is 1. The van der Waals surface area contributed by atoms with Gasteiger partial charge in [-0.2, -0.15) is 0 Å². The van der Waals surface area contributed by atoms with Gasteiger partial charge in [0.15, 0.2) is 0 Å². The van der Waals surface area contributed by atoms with Crippen molar-refractivity contribution in [2.75, 3.05) is 24.1 Å². The molecule has 8 nitrogen and oxygen atoms in total. The first-order valence-electron chi connectivity index (χ1n) is 10.8. The molecule has 4 heterocycles. The smallest absolute Gasteiger partial charge is 0.233 e. The number of nitrogen functional groups attached to an aromatic ring is 1. The number of hydrogen-bond acceptors (Lipinski definition) is 5. The van der Waals surface area contributed by atoms with Crippen LogP contribution in [-0.2, 0) is 11.3 Å². The number of carbonyl (C=O) groups is 1. The lowest BCUT2D eigenvalue weighted by Crippen LogP contribution is -3.20. The van der Waals surface area contributed by atoms with E-state index in [4.69, 9.17) is 5.73 Å². The third kappa shape index (κ3) is 4.11. The fourth-order valence-electron chi connectivity index (χ4n) is 5.08. The molecular formula is C23H27N6O2+. The summed E-state index contributed by atoms with van der Waals surface area (Å²) in [6.07, 6.45) is 4.04. The van der Waals surface area contributed by atoms with E-state index in [2.05, 4.69) is 15.6 Å². The molecule has 31 heavy (non-hydrogen) atoms. The number of carbonyl (C=O) groups excluding carboxylic acids is 1. The average molecular weight is 420 g/mol. The second-order valence-electron chi connectivity index (χ2n) is 8.69. The van der Waals surface area contributed by atoms with Gasteiger partial charge in [-0.15, -0.1) is 5.10 Å². The Labute approximate surface area is 180 Å². The first-order valence-corrected chi connectivity index (χ1v) is 10.8. The molecule has 1 amide bonds. The molecule has 1 unspecified atom stereocenters. The van der Waals surface area contributed by atoms with Gasteiger partial charge in [-0.05, 0) is 30.2 Å². The molecule has 0 spiro atoms. The SMILES string of the molecule is Nc1cccc(-c2cn(C[C@H]3C[C@@H]4CC[NH+]3C[C@@H]4C(=O)Nc3cccc(O)c3)nn2)c1. The topological polar surface area (TPSA) is 110 Å². The van der Waals surface area contributed by atoms with Crippen molar-refractivity contribution in [1.29, 1.82) is 0 Å². The molecule has 5 N–H and O–H groups in total. The number of rotatable bonds is 5. The number of anilines is 2. The van der Waals surface area contributed by atoms with E-state index in [-0.39, 0.29) is 17.6 Å². The number of hydrogen-bond donors (Lipinski definition) is 4. The summed E-state index contributed by atoms with van der Waals surface area (Å²) in [5.74, 6) is 0.580. The minimum atomic E-state index is 0.000880. The number of fused-ring (bicyclic) bond motifs is 3. The number of nitrogens with one attached hydrogen (secondary N) is 2. The Morgan fingerprint density at radius 2 is 2.13 bits per heavy atom. The van der Waals surface area contributed by atoms with Gasteiger partial charge in [0.1, 0.15) is 17.5 Å². The summed E-state index contributed by atoms with van der Waals surface area (Å²) in [5, 5.41) is 21.3. The van der Waals surface area contributed by atoms with E-state index in [9.17, 15) is 9.90 Å². The number of amides is 1. The minimum Gasteiger partial charge on any atom is -0.508 e. The summed E-state index contributed by atoms with van der Waals surface area (Å²) >= 11 is 0. The average Bonchev–Trinajstić information content (AvgIpc) is 3.23. The molecule has 3 saturated heterocycles. The lowest BCUT2D eigenvalue weighted by atomic mass is 9.75. The zero-order valence-electron chi connectivity index (χ0n) is 17.2. The molecule has 3 aromatic rings. The zero-order chi connectivity index (χ0) is 21.4. The highest BCUT2D eigenvalue weighted by Gasteiger charge is 2.46. The number of aromatic hydroxyl groups is 1. The Hall–Kier alpha value is -3.39. The highest BCUT2D eigenvalue weighted by molar-refractivity contribution is 5.93. The number of nitrogens with two attached hydrogens (primary N) is 1. The van der Waals surface area contributed by atoms with E-state index in [1.807, 2.05) is 35.1 Å². The van der Waals surface area contributed by atoms with Gasteiger partial charge in [-0.1, -0.05) is 23.4 Å². The summed E-state index contributed by atoms with van der Waals surface area (Å²) < 4.78 is 1.92. The molecule has 3 fully saturated rings. The van der Waals surface area contributed by atoms with Crippen LogP contribution in [0.4, 0.5) is 11.4 Å². The predicted octanol–water partition coefficient (Wildman–Crippen LogP) is 1.16. The summed E-state index contributed by atoms with van der Waals surface area (Å²) in [5.41, 5.74) is 9.02. The summed E-state index contributed by atoms with van der Waals surface area (Å²) in [7, 11) is 0.